The van der Waals surface area contributed by atoms with E-state index in [0.29, 0.717) is 0 Å². The van der Waals surface area contributed by atoms with Crippen LogP contribution in [0.2, 0.25) is 0 Å². The fraction of sp³-hybridized carbons (Fsp3) is 0.400. The molecule has 2 aromatic carbocycles. The predicted octanol–water partition coefficient (Wildman–Crippen LogP) is 1.94. The Bertz CT molecular complexity index is 532. The Hall–Kier alpha value is -1.31. The number of benzene rings is 2. The lowest BCUT2D eigenvalue weighted by atomic mass is 9.81. The van der Waals surface area contributed by atoms with Crippen LogP contribution >= 0.6 is 0 Å². The average Bonchev–Trinajstić information content (AvgIpc) is 2.48. The molecule has 0 aliphatic rings. The zero-order chi connectivity index (χ0) is 15.7. The normalized spacial score (nSPS) is 12.6. The molecule has 0 radical (unpaired) electrons. The minimum Gasteiger partial charge on any atom is -1.00 e. The smallest absolute Gasteiger partial charge is 0.119 e. The summed E-state index contributed by atoms with van der Waals surface area (Å²) in [6.45, 7) is 9.36. The molecule has 0 atom stereocenters. The van der Waals surface area contributed by atoms with Crippen molar-refractivity contribution in [3.63, 3.8) is 0 Å². The number of hydrogen-bond donors (Lipinski definition) is 0. The van der Waals surface area contributed by atoms with E-state index < -0.39 is 0 Å². The molecule has 2 aromatic rings. The van der Waals surface area contributed by atoms with Gasteiger partial charge < -0.3 is 16.9 Å². The second-order valence-electron chi connectivity index (χ2n) is 7.30. The standard InChI is InChI=1S/C20H28N.ClH/c1-19(2,17-13-9-7-10-14-17)21(5,6)20(3,4)18-15-11-8-12-16-18;/h7-16H,1-6H3;1H/q+1;/p-1. The van der Waals surface area contributed by atoms with Gasteiger partial charge in [0.15, 0.2) is 0 Å². The van der Waals surface area contributed by atoms with Crippen molar-refractivity contribution in [1.82, 2.24) is 0 Å². The van der Waals surface area contributed by atoms with Crippen LogP contribution in [0.25, 0.3) is 0 Å². The Balaban J connectivity index is 0.00000242. The van der Waals surface area contributed by atoms with Crippen LogP contribution < -0.4 is 12.4 Å². The molecule has 0 N–H and O–H groups in total. The van der Waals surface area contributed by atoms with Gasteiger partial charge in [-0.25, -0.2) is 0 Å². The molecule has 0 aliphatic heterocycles. The zero-order valence-electron chi connectivity index (χ0n) is 14.6. The summed E-state index contributed by atoms with van der Waals surface area (Å²) in [4.78, 5) is 0. The van der Waals surface area contributed by atoms with Gasteiger partial charge in [-0.1, -0.05) is 60.7 Å². The minimum atomic E-state index is 0. The van der Waals surface area contributed by atoms with E-state index >= 15 is 0 Å². The first-order valence-corrected chi connectivity index (χ1v) is 7.66. The molecule has 0 aliphatic carbocycles. The molecular formula is C20H28ClN. The van der Waals surface area contributed by atoms with Gasteiger partial charge in [0.25, 0.3) is 0 Å². The number of rotatable bonds is 4. The highest BCUT2D eigenvalue weighted by atomic mass is 35.5. The van der Waals surface area contributed by atoms with Gasteiger partial charge in [-0.2, -0.15) is 0 Å². The van der Waals surface area contributed by atoms with Crippen LogP contribution in [0.4, 0.5) is 0 Å². The monoisotopic (exact) mass is 317 g/mol. The highest BCUT2D eigenvalue weighted by Gasteiger charge is 2.49. The third kappa shape index (κ3) is 2.93. The van der Waals surface area contributed by atoms with Crippen LogP contribution in [0.3, 0.4) is 0 Å². The van der Waals surface area contributed by atoms with E-state index in [0.717, 1.165) is 4.48 Å². The lowest BCUT2D eigenvalue weighted by Gasteiger charge is -2.54. The summed E-state index contributed by atoms with van der Waals surface area (Å²) in [5.74, 6) is 0. The van der Waals surface area contributed by atoms with Gasteiger partial charge in [0.2, 0.25) is 0 Å². The lowest BCUT2D eigenvalue weighted by Crippen LogP contribution is -3.00. The van der Waals surface area contributed by atoms with Crippen molar-refractivity contribution in [2.24, 2.45) is 0 Å². The van der Waals surface area contributed by atoms with Crippen LogP contribution in [0.1, 0.15) is 38.8 Å². The third-order valence-corrected chi connectivity index (χ3v) is 5.76. The molecule has 0 spiro atoms. The maximum Gasteiger partial charge on any atom is 0.119 e. The van der Waals surface area contributed by atoms with E-state index in [4.69, 9.17) is 0 Å². The fourth-order valence-corrected chi connectivity index (χ4v) is 3.04. The summed E-state index contributed by atoms with van der Waals surface area (Å²) in [6.07, 6.45) is 0. The molecule has 2 rings (SSSR count). The highest BCUT2D eigenvalue weighted by molar-refractivity contribution is 5.24. The molecule has 0 fully saturated rings. The van der Waals surface area contributed by atoms with Crippen molar-refractivity contribution >= 4 is 0 Å². The second kappa shape index (κ2) is 6.44. The molecule has 0 saturated carbocycles. The van der Waals surface area contributed by atoms with Gasteiger partial charge in [0.1, 0.15) is 11.1 Å². The van der Waals surface area contributed by atoms with Crippen LogP contribution in [-0.4, -0.2) is 18.6 Å². The predicted molar refractivity (Wildman–Crippen MR) is 91.0 cm³/mol. The van der Waals surface area contributed by atoms with Crippen molar-refractivity contribution in [2.45, 2.75) is 38.8 Å². The van der Waals surface area contributed by atoms with E-state index in [2.05, 4.69) is 102 Å². The second-order valence-corrected chi connectivity index (χ2v) is 7.30. The average molecular weight is 318 g/mol. The molecule has 2 heteroatoms. The maximum atomic E-state index is 2.34. The van der Waals surface area contributed by atoms with E-state index in [9.17, 15) is 0 Å². The van der Waals surface area contributed by atoms with E-state index in [1.54, 1.807) is 0 Å². The summed E-state index contributed by atoms with van der Waals surface area (Å²) < 4.78 is 0.883. The van der Waals surface area contributed by atoms with Gasteiger partial charge in [0.05, 0.1) is 14.1 Å². The Morgan fingerprint density at radius 3 is 1.14 bits per heavy atom. The maximum absolute atomic E-state index is 2.34. The largest absolute Gasteiger partial charge is 1.00 e. The Morgan fingerprint density at radius 2 is 0.864 bits per heavy atom. The van der Waals surface area contributed by atoms with Crippen molar-refractivity contribution < 1.29 is 16.9 Å². The zero-order valence-corrected chi connectivity index (χ0v) is 15.4. The molecular weight excluding hydrogens is 290 g/mol. The van der Waals surface area contributed by atoms with E-state index in [1.807, 2.05) is 0 Å². The Kier molecular flexibility index (Phi) is 5.48. The van der Waals surface area contributed by atoms with Gasteiger partial charge in [-0.3, -0.25) is 0 Å². The lowest BCUT2D eigenvalue weighted by molar-refractivity contribution is -0.996. The van der Waals surface area contributed by atoms with Crippen molar-refractivity contribution in [3.8, 4) is 0 Å². The Morgan fingerprint density at radius 1 is 0.591 bits per heavy atom. The number of nitrogens with zero attached hydrogens (tertiary/aromatic N) is 1. The van der Waals surface area contributed by atoms with Crippen molar-refractivity contribution in [1.29, 1.82) is 0 Å². The van der Waals surface area contributed by atoms with Crippen molar-refractivity contribution in [3.05, 3.63) is 71.8 Å². The molecule has 0 aromatic heterocycles. The number of halogens is 1. The van der Waals surface area contributed by atoms with Crippen LogP contribution in [0, 0.1) is 0 Å². The summed E-state index contributed by atoms with van der Waals surface area (Å²) >= 11 is 0. The third-order valence-electron chi connectivity index (χ3n) is 5.76. The summed E-state index contributed by atoms with van der Waals surface area (Å²) in [5, 5.41) is 0. The molecule has 0 amide bonds. The first-order chi connectivity index (χ1) is 9.71. The highest BCUT2D eigenvalue weighted by Crippen LogP contribution is 2.43. The topological polar surface area (TPSA) is 0 Å². The van der Waals surface area contributed by atoms with Gasteiger partial charge in [-0.15, -0.1) is 0 Å². The quantitative estimate of drug-likeness (QED) is 0.756. The molecule has 0 unspecified atom stereocenters. The van der Waals surface area contributed by atoms with Crippen molar-refractivity contribution in [2.75, 3.05) is 14.1 Å². The van der Waals surface area contributed by atoms with Crippen LogP contribution in [-0.2, 0) is 11.1 Å². The van der Waals surface area contributed by atoms with Crippen LogP contribution in [0.15, 0.2) is 60.7 Å². The summed E-state index contributed by atoms with van der Waals surface area (Å²) in [7, 11) is 4.67. The first-order valence-electron chi connectivity index (χ1n) is 7.66. The van der Waals surface area contributed by atoms with E-state index in [1.165, 1.54) is 11.1 Å². The number of quaternary nitrogens is 1. The molecule has 0 heterocycles. The van der Waals surface area contributed by atoms with E-state index in [-0.39, 0.29) is 23.5 Å². The Labute approximate surface area is 142 Å². The summed E-state index contributed by atoms with van der Waals surface area (Å²) in [5.41, 5.74) is 2.78. The number of hydrogen-bond acceptors (Lipinski definition) is 0. The molecule has 0 saturated heterocycles. The molecule has 0 bridgehead atoms. The fourth-order valence-electron chi connectivity index (χ4n) is 3.04. The summed E-state index contributed by atoms with van der Waals surface area (Å²) in [6, 6.07) is 21.6. The first kappa shape index (κ1) is 18.7. The van der Waals surface area contributed by atoms with Gasteiger partial charge in [-0.05, 0) is 27.7 Å². The molecule has 120 valence electrons. The SMILES string of the molecule is CC(C)(c1ccccc1)[N+](C)(C)C(C)(C)c1ccccc1.[Cl-]. The van der Waals surface area contributed by atoms with Gasteiger partial charge >= 0.3 is 0 Å². The van der Waals surface area contributed by atoms with Gasteiger partial charge in [0, 0.05) is 11.1 Å². The molecule has 22 heavy (non-hydrogen) atoms. The molecule has 1 nitrogen and oxygen atoms in total. The van der Waals surface area contributed by atoms with Crippen LogP contribution in [0.5, 0.6) is 0 Å². The minimum absolute atomic E-state index is 0.